The Hall–Kier alpha value is -2.48. The number of likely N-dealkylation sites (tertiary alicyclic amines) is 1. The Kier molecular flexibility index (Phi) is 9.22. The molecule has 1 aromatic heterocycles. The quantitative estimate of drug-likeness (QED) is 0.329. The second-order valence-corrected chi connectivity index (χ2v) is 11.9. The Bertz CT molecular complexity index is 1200. The summed E-state index contributed by atoms with van der Waals surface area (Å²) in [4.78, 5) is 20.0. The van der Waals surface area contributed by atoms with Gasteiger partial charge in [0.2, 0.25) is 5.91 Å². The van der Waals surface area contributed by atoms with Crippen LogP contribution in [-0.2, 0) is 17.8 Å². The minimum atomic E-state index is -0.164. The molecule has 3 N–H and O–H groups in total. The van der Waals surface area contributed by atoms with Crippen molar-refractivity contribution in [3.05, 3.63) is 70.3 Å². The maximum atomic E-state index is 13.1. The van der Waals surface area contributed by atoms with E-state index in [-0.39, 0.29) is 23.5 Å². The van der Waals surface area contributed by atoms with Crippen LogP contribution in [-0.4, -0.2) is 46.5 Å². The first-order valence-electron chi connectivity index (χ1n) is 13.3. The van der Waals surface area contributed by atoms with Crippen LogP contribution in [0.2, 0.25) is 0 Å². The van der Waals surface area contributed by atoms with E-state index in [0.29, 0.717) is 19.6 Å². The highest BCUT2D eigenvalue weighted by Gasteiger charge is 2.37. The number of pyridine rings is 1. The number of halogens is 1. The third-order valence-electron chi connectivity index (χ3n) is 7.10. The lowest BCUT2D eigenvalue weighted by Crippen LogP contribution is -2.59. The van der Waals surface area contributed by atoms with Crippen molar-refractivity contribution in [3.8, 4) is 5.75 Å². The summed E-state index contributed by atoms with van der Waals surface area (Å²) in [6, 6.07) is 16.3. The second-order valence-electron chi connectivity index (χ2n) is 10.9. The minimum absolute atomic E-state index is 0.0605. The predicted octanol–water partition coefficient (Wildman–Crippen LogP) is 5.61. The highest BCUT2D eigenvalue weighted by Crippen LogP contribution is 2.31. The molecule has 0 bridgehead atoms. The van der Waals surface area contributed by atoms with Gasteiger partial charge in [0.1, 0.15) is 12.4 Å². The molecule has 198 valence electrons. The van der Waals surface area contributed by atoms with Gasteiger partial charge in [0.15, 0.2) is 0 Å². The molecule has 1 aliphatic heterocycles. The molecule has 1 aliphatic rings. The highest BCUT2D eigenvalue weighted by molar-refractivity contribution is 9.10. The summed E-state index contributed by atoms with van der Waals surface area (Å²) in [5, 5.41) is 4.28. The first-order valence-corrected chi connectivity index (χ1v) is 14.1. The number of nitrogens with zero attached hydrogens (tertiary/aromatic N) is 2. The normalized spacial score (nSPS) is 18.6. The highest BCUT2D eigenvalue weighted by atomic mass is 79.9. The summed E-state index contributed by atoms with van der Waals surface area (Å²) in [7, 11) is 0. The number of fused-ring (bicyclic) bond motifs is 1. The third-order valence-corrected chi connectivity index (χ3v) is 7.53. The predicted molar refractivity (Wildman–Crippen MR) is 154 cm³/mol. The van der Waals surface area contributed by atoms with E-state index in [4.69, 9.17) is 10.5 Å². The summed E-state index contributed by atoms with van der Waals surface area (Å²) in [5.74, 6) is 0.979. The van der Waals surface area contributed by atoms with Gasteiger partial charge in [-0.2, -0.15) is 0 Å². The maximum absolute atomic E-state index is 13.1. The molecule has 1 saturated heterocycles. The molecule has 2 atom stereocenters. The number of nitrogens with one attached hydrogen (secondary N) is 1. The largest absolute Gasteiger partial charge is 0.489 e. The topological polar surface area (TPSA) is 80.5 Å². The first kappa shape index (κ1) is 27.6. The fourth-order valence-electron chi connectivity index (χ4n) is 5.14. The van der Waals surface area contributed by atoms with Crippen molar-refractivity contribution >= 4 is 32.7 Å². The second kappa shape index (κ2) is 12.4. The van der Waals surface area contributed by atoms with Crippen molar-refractivity contribution in [2.45, 2.75) is 77.1 Å². The lowest BCUT2D eigenvalue weighted by molar-refractivity contribution is -0.130. The monoisotopic (exact) mass is 566 g/mol. The van der Waals surface area contributed by atoms with E-state index in [1.165, 1.54) is 0 Å². The number of carbonyl (C=O) groups excluding carboxylic acids is 1. The molecule has 0 unspecified atom stereocenters. The molecule has 1 fully saturated rings. The molecule has 0 spiro atoms. The van der Waals surface area contributed by atoms with Gasteiger partial charge in [0.25, 0.3) is 0 Å². The van der Waals surface area contributed by atoms with Gasteiger partial charge < -0.3 is 15.8 Å². The number of nitrogens with two attached hydrogens (primary N) is 1. The number of benzene rings is 2. The smallest absolute Gasteiger partial charge is 0.237 e. The van der Waals surface area contributed by atoms with E-state index in [1.807, 2.05) is 36.5 Å². The SMILES string of the molecule is CC(C)(C)N1CC[C@H](N)C[C@H]1C(=O)NCCCCc1c(OCc2ccccc2)ccc2ncc(Br)cc12. The van der Waals surface area contributed by atoms with E-state index in [2.05, 4.69) is 70.1 Å². The van der Waals surface area contributed by atoms with Crippen LogP contribution in [0.5, 0.6) is 5.75 Å². The molecule has 4 rings (SSSR count). The lowest BCUT2D eigenvalue weighted by atomic mass is 9.91. The summed E-state index contributed by atoms with van der Waals surface area (Å²) < 4.78 is 7.22. The number of aromatic nitrogens is 1. The minimum Gasteiger partial charge on any atom is -0.489 e. The van der Waals surface area contributed by atoms with Crippen LogP contribution in [0.15, 0.2) is 59.2 Å². The Morgan fingerprint density at radius 2 is 1.97 bits per heavy atom. The molecule has 2 heterocycles. The standard InChI is InChI=1S/C30H39BrN4O2/c1-30(2,3)35-16-14-23(32)18-27(35)29(36)33-15-8-7-11-24-25-17-22(31)19-34-26(25)12-13-28(24)37-20-21-9-5-4-6-10-21/h4-6,9-10,12-13,17,19,23,27H,7-8,11,14-16,18,20,32H2,1-3H3,(H,33,36)/t23-,27-/m0/s1. The number of piperidine rings is 1. The van der Waals surface area contributed by atoms with Crippen molar-refractivity contribution in [1.82, 2.24) is 15.2 Å². The Balaban J connectivity index is 1.38. The molecule has 3 aromatic rings. The van der Waals surface area contributed by atoms with E-state index in [1.54, 1.807) is 0 Å². The number of aryl methyl sites for hydroxylation is 1. The van der Waals surface area contributed by atoms with Crippen molar-refractivity contribution in [2.24, 2.45) is 5.73 Å². The number of amides is 1. The summed E-state index contributed by atoms with van der Waals surface area (Å²) in [6.45, 7) is 8.52. The molecule has 1 amide bonds. The van der Waals surface area contributed by atoms with E-state index in [0.717, 1.165) is 64.5 Å². The molecule has 6 nitrogen and oxygen atoms in total. The molecule has 0 radical (unpaired) electrons. The van der Waals surface area contributed by atoms with Crippen LogP contribution in [0.25, 0.3) is 10.9 Å². The summed E-state index contributed by atoms with van der Waals surface area (Å²) in [6.07, 6.45) is 6.13. The molecule has 0 saturated carbocycles. The van der Waals surface area contributed by atoms with Crippen molar-refractivity contribution in [1.29, 1.82) is 0 Å². The van der Waals surface area contributed by atoms with Gasteiger partial charge in [-0.3, -0.25) is 14.7 Å². The zero-order valence-corrected chi connectivity index (χ0v) is 23.8. The van der Waals surface area contributed by atoms with Gasteiger partial charge in [-0.25, -0.2) is 0 Å². The summed E-state index contributed by atoms with van der Waals surface area (Å²) in [5.41, 5.74) is 9.40. The molecular weight excluding hydrogens is 528 g/mol. The third kappa shape index (κ3) is 7.30. The Morgan fingerprint density at radius 1 is 1.19 bits per heavy atom. The Labute approximate surface area is 229 Å². The molecule has 2 aromatic carbocycles. The number of hydrogen-bond donors (Lipinski definition) is 2. The van der Waals surface area contributed by atoms with Gasteiger partial charge >= 0.3 is 0 Å². The van der Waals surface area contributed by atoms with E-state index in [9.17, 15) is 4.79 Å². The Morgan fingerprint density at radius 3 is 2.73 bits per heavy atom. The number of unbranched alkanes of at least 4 members (excludes halogenated alkanes) is 1. The van der Waals surface area contributed by atoms with Crippen LogP contribution >= 0.6 is 15.9 Å². The van der Waals surface area contributed by atoms with Crippen molar-refractivity contribution in [2.75, 3.05) is 13.1 Å². The fraction of sp³-hybridized carbons (Fsp3) is 0.467. The van der Waals surface area contributed by atoms with Gasteiger partial charge in [0.05, 0.1) is 11.6 Å². The average Bonchev–Trinajstić information content (AvgIpc) is 2.87. The molecule has 0 aliphatic carbocycles. The van der Waals surface area contributed by atoms with Crippen LogP contribution in [0.3, 0.4) is 0 Å². The van der Waals surface area contributed by atoms with Gasteiger partial charge in [-0.05, 0) is 92.6 Å². The number of hydrogen-bond acceptors (Lipinski definition) is 5. The van der Waals surface area contributed by atoms with Crippen LogP contribution in [0.4, 0.5) is 0 Å². The lowest BCUT2D eigenvalue weighted by Gasteiger charge is -2.45. The maximum Gasteiger partial charge on any atom is 0.237 e. The van der Waals surface area contributed by atoms with Gasteiger partial charge in [0, 0.05) is 46.3 Å². The van der Waals surface area contributed by atoms with Gasteiger partial charge in [-0.15, -0.1) is 0 Å². The van der Waals surface area contributed by atoms with Crippen molar-refractivity contribution < 1.29 is 9.53 Å². The zero-order chi connectivity index (χ0) is 26.4. The fourth-order valence-corrected chi connectivity index (χ4v) is 5.47. The number of rotatable bonds is 9. The number of carbonyl (C=O) groups is 1. The number of ether oxygens (including phenoxy) is 1. The van der Waals surface area contributed by atoms with E-state index < -0.39 is 0 Å². The van der Waals surface area contributed by atoms with Gasteiger partial charge in [-0.1, -0.05) is 30.3 Å². The first-order chi connectivity index (χ1) is 17.7. The average molecular weight is 568 g/mol. The molecular formula is C30H39BrN4O2. The molecule has 37 heavy (non-hydrogen) atoms. The van der Waals surface area contributed by atoms with Crippen molar-refractivity contribution in [3.63, 3.8) is 0 Å². The van der Waals surface area contributed by atoms with Crippen LogP contribution in [0, 0.1) is 0 Å². The summed E-state index contributed by atoms with van der Waals surface area (Å²) >= 11 is 3.57. The van der Waals surface area contributed by atoms with Crippen LogP contribution < -0.4 is 15.8 Å². The van der Waals surface area contributed by atoms with Crippen LogP contribution in [0.1, 0.15) is 57.6 Å². The zero-order valence-electron chi connectivity index (χ0n) is 22.2. The molecule has 7 heteroatoms. The van der Waals surface area contributed by atoms with E-state index >= 15 is 0 Å².